The van der Waals surface area contributed by atoms with E-state index in [1.165, 1.54) is 18.5 Å². The van der Waals surface area contributed by atoms with Crippen LogP contribution in [0.1, 0.15) is 46.0 Å². The Labute approximate surface area is 168 Å². The third kappa shape index (κ3) is 5.96. The summed E-state index contributed by atoms with van der Waals surface area (Å²) in [4.78, 5) is 28.3. The van der Waals surface area contributed by atoms with E-state index in [1.807, 2.05) is 12.1 Å². The van der Waals surface area contributed by atoms with Crippen molar-refractivity contribution in [2.75, 3.05) is 43.0 Å². The van der Waals surface area contributed by atoms with Crippen LogP contribution in [0.25, 0.3) is 0 Å². The molecular formula is C22H33N3O3. The van der Waals surface area contributed by atoms with Gasteiger partial charge in [-0.2, -0.15) is 0 Å². The number of anilines is 2. The first-order chi connectivity index (χ1) is 13.5. The molecule has 0 bridgehead atoms. The molecule has 2 heterocycles. The van der Waals surface area contributed by atoms with Crippen molar-refractivity contribution < 1.29 is 14.3 Å². The first kappa shape index (κ1) is 20.6. The number of nitrogens with zero attached hydrogens (tertiary/aromatic N) is 2. The second-order valence-electron chi connectivity index (χ2n) is 8.11. The molecule has 1 unspecified atom stereocenters. The van der Waals surface area contributed by atoms with Crippen LogP contribution < -0.4 is 10.2 Å². The van der Waals surface area contributed by atoms with Crippen molar-refractivity contribution >= 4 is 23.2 Å². The minimum Gasteiger partial charge on any atom is -0.376 e. The van der Waals surface area contributed by atoms with Crippen LogP contribution in [0, 0.1) is 5.92 Å². The Balaban J connectivity index is 1.45. The van der Waals surface area contributed by atoms with E-state index >= 15 is 0 Å². The largest absolute Gasteiger partial charge is 0.376 e. The predicted octanol–water partition coefficient (Wildman–Crippen LogP) is 3.28. The number of nitrogens with one attached hydrogen (secondary N) is 1. The van der Waals surface area contributed by atoms with Crippen LogP contribution in [0.5, 0.6) is 0 Å². The van der Waals surface area contributed by atoms with Crippen molar-refractivity contribution in [2.24, 2.45) is 5.92 Å². The van der Waals surface area contributed by atoms with Gasteiger partial charge in [0.2, 0.25) is 11.8 Å². The second kappa shape index (κ2) is 9.92. The second-order valence-corrected chi connectivity index (χ2v) is 8.11. The van der Waals surface area contributed by atoms with Gasteiger partial charge in [-0.3, -0.25) is 9.59 Å². The highest BCUT2D eigenvalue weighted by molar-refractivity contribution is 5.91. The minimum absolute atomic E-state index is 0.0106. The van der Waals surface area contributed by atoms with Gasteiger partial charge in [0.1, 0.15) is 0 Å². The van der Waals surface area contributed by atoms with E-state index in [9.17, 15) is 9.59 Å². The van der Waals surface area contributed by atoms with Crippen molar-refractivity contribution in [3.05, 3.63) is 24.3 Å². The predicted molar refractivity (Wildman–Crippen MR) is 112 cm³/mol. The molecule has 0 radical (unpaired) electrons. The van der Waals surface area contributed by atoms with E-state index in [1.54, 1.807) is 11.8 Å². The Morgan fingerprint density at radius 1 is 1.18 bits per heavy atom. The molecular weight excluding hydrogens is 354 g/mol. The lowest BCUT2D eigenvalue weighted by atomic mass is 9.99. The molecule has 2 amide bonds. The lowest BCUT2D eigenvalue weighted by molar-refractivity contribution is -0.130. The van der Waals surface area contributed by atoms with Crippen LogP contribution in [0.4, 0.5) is 11.4 Å². The summed E-state index contributed by atoms with van der Waals surface area (Å²) in [5.41, 5.74) is 2.01. The van der Waals surface area contributed by atoms with Gasteiger partial charge in [0, 0.05) is 57.5 Å². The van der Waals surface area contributed by atoms with Gasteiger partial charge in [-0.1, -0.05) is 6.92 Å². The van der Waals surface area contributed by atoms with Gasteiger partial charge in [-0.05, 0) is 55.9 Å². The molecule has 154 valence electrons. The van der Waals surface area contributed by atoms with Crippen LogP contribution in [-0.2, 0) is 14.3 Å². The van der Waals surface area contributed by atoms with Crippen LogP contribution in [-0.4, -0.2) is 55.6 Å². The van der Waals surface area contributed by atoms with Crippen LogP contribution in [0.3, 0.4) is 0 Å². The average Bonchev–Trinajstić information content (AvgIpc) is 3.19. The van der Waals surface area contributed by atoms with Gasteiger partial charge in [-0.15, -0.1) is 0 Å². The van der Waals surface area contributed by atoms with Gasteiger partial charge in [0.25, 0.3) is 0 Å². The number of piperidine rings is 1. The van der Waals surface area contributed by atoms with E-state index in [-0.39, 0.29) is 24.3 Å². The molecule has 2 saturated heterocycles. The number of carbonyl (C=O) groups excluding carboxylic acids is 2. The maximum absolute atomic E-state index is 12.3. The maximum atomic E-state index is 12.3. The third-order valence-electron chi connectivity index (χ3n) is 5.80. The summed E-state index contributed by atoms with van der Waals surface area (Å²) in [5.74, 6) is 0.728. The number of ether oxygens (including phenoxy) is 1. The first-order valence-corrected chi connectivity index (χ1v) is 10.5. The Kier molecular flexibility index (Phi) is 7.31. The quantitative estimate of drug-likeness (QED) is 0.780. The molecule has 0 aromatic heterocycles. The summed E-state index contributed by atoms with van der Waals surface area (Å²) in [5, 5.41) is 2.94. The molecule has 0 saturated carbocycles. The lowest BCUT2D eigenvalue weighted by Crippen LogP contribution is -2.37. The summed E-state index contributed by atoms with van der Waals surface area (Å²) in [6.07, 6.45) is 4.89. The van der Waals surface area contributed by atoms with Gasteiger partial charge in [-0.25, -0.2) is 0 Å². The van der Waals surface area contributed by atoms with Crippen molar-refractivity contribution in [3.8, 4) is 0 Å². The van der Waals surface area contributed by atoms with E-state index in [0.29, 0.717) is 13.1 Å². The summed E-state index contributed by atoms with van der Waals surface area (Å²) in [6.45, 7) is 7.81. The Hall–Kier alpha value is -2.08. The molecule has 1 aromatic carbocycles. The molecule has 1 atom stereocenters. The number of carbonyl (C=O) groups is 2. The Morgan fingerprint density at radius 3 is 2.50 bits per heavy atom. The fourth-order valence-electron chi connectivity index (χ4n) is 3.89. The number of hydrogen-bond donors (Lipinski definition) is 1. The maximum Gasteiger partial charge on any atom is 0.226 e. The molecule has 6 heteroatoms. The topological polar surface area (TPSA) is 61.9 Å². The van der Waals surface area contributed by atoms with Crippen molar-refractivity contribution in [3.63, 3.8) is 0 Å². The number of hydrogen-bond acceptors (Lipinski definition) is 4. The molecule has 6 nitrogen and oxygen atoms in total. The van der Waals surface area contributed by atoms with Gasteiger partial charge in [0.15, 0.2) is 0 Å². The highest BCUT2D eigenvalue weighted by atomic mass is 16.5. The van der Waals surface area contributed by atoms with E-state index in [2.05, 4.69) is 29.3 Å². The smallest absolute Gasteiger partial charge is 0.226 e. The van der Waals surface area contributed by atoms with Crippen molar-refractivity contribution in [1.82, 2.24) is 4.90 Å². The zero-order valence-electron chi connectivity index (χ0n) is 17.2. The molecule has 28 heavy (non-hydrogen) atoms. The average molecular weight is 388 g/mol. The Morgan fingerprint density at radius 2 is 1.89 bits per heavy atom. The lowest BCUT2D eigenvalue weighted by Gasteiger charge is -2.32. The van der Waals surface area contributed by atoms with Crippen LogP contribution in [0.2, 0.25) is 0 Å². The highest BCUT2D eigenvalue weighted by Crippen LogP contribution is 2.24. The molecule has 0 spiro atoms. The molecule has 0 aliphatic carbocycles. The summed E-state index contributed by atoms with van der Waals surface area (Å²) in [6, 6.07) is 8.07. The van der Waals surface area contributed by atoms with Crippen LogP contribution in [0.15, 0.2) is 24.3 Å². The van der Waals surface area contributed by atoms with Gasteiger partial charge < -0.3 is 19.9 Å². The molecule has 1 aromatic rings. The van der Waals surface area contributed by atoms with Crippen molar-refractivity contribution in [2.45, 2.75) is 52.1 Å². The first-order valence-electron chi connectivity index (χ1n) is 10.5. The molecule has 2 aliphatic rings. The standard InChI is InChI=1S/C22H33N3O3/c1-17-9-12-24(13-10-17)20-7-5-19(6-8-20)23-22(27)11-14-25(18(2)26)16-21-4-3-15-28-21/h5-8,17,21H,3-4,9-16H2,1-2H3,(H,23,27). The third-order valence-corrected chi connectivity index (χ3v) is 5.80. The SMILES string of the molecule is CC(=O)N(CCC(=O)Nc1ccc(N2CCC(C)CC2)cc1)CC1CCCO1. The summed E-state index contributed by atoms with van der Waals surface area (Å²) in [7, 11) is 0. The molecule has 2 aliphatic heterocycles. The number of rotatable bonds is 7. The normalized spacial score (nSPS) is 20.2. The summed E-state index contributed by atoms with van der Waals surface area (Å²) >= 11 is 0. The van der Waals surface area contributed by atoms with E-state index in [0.717, 1.165) is 44.1 Å². The zero-order valence-corrected chi connectivity index (χ0v) is 17.2. The molecule has 3 rings (SSSR count). The minimum atomic E-state index is -0.0712. The van der Waals surface area contributed by atoms with Gasteiger partial charge in [0.05, 0.1) is 6.10 Å². The fraction of sp³-hybridized carbons (Fsp3) is 0.636. The number of amides is 2. The molecule has 1 N–H and O–H groups in total. The zero-order chi connectivity index (χ0) is 19.9. The Bertz CT molecular complexity index is 647. The van der Waals surface area contributed by atoms with E-state index < -0.39 is 0 Å². The highest BCUT2D eigenvalue weighted by Gasteiger charge is 2.21. The molecule has 2 fully saturated rings. The van der Waals surface area contributed by atoms with Crippen molar-refractivity contribution in [1.29, 1.82) is 0 Å². The number of benzene rings is 1. The monoisotopic (exact) mass is 387 g/mol. The van der Waals surface area contributed by atoms with E-state index in [4.69, 9.17) is 4.74 Å². The van der Waals surface area contributed by atoms with Crippen LogP contribution >= 0.6 is 0 Å². The summed E-state index contributed by atoms with van der Waals surface area (Å²) < 4.78 is 5.60. The van der Waals surface area contributed by atoms with Gasteiger partial charge >= 0.3 is 0 Å². The fourth-order valence-corrected chi connectivity index (χ4v) is 3.89.